The number of ketones is 1. The fourth-order valence-corrected chi connectivity index (χ4v) is 4.44. The van der Waals surface area contributed by atoms with Gasteiger partial charge in [-0.05, 0) is 43.4 Å². The molecule has 0 radical (unpaired) electrons. The average molecular weight is 404 g/mol. The van der Waals surface area contributed by atoms with Gasteiger partial charge in [-0.25, -0.2) is 0 Å². The second-order valence-corrected chi connectivity index (χ2v) is 7.63. The van der Waals surface area contributed by atoms with Gasteiger partial charge in [-0.1, -0.05) is 27.2 Å². The van der Waals surface area contributed by atoms with Crippen molar-refractivity contribution in [3.8, 4) is 0 Å². The molecule has 1 fully saturated rings. The van der Waals surface area contributed by atoms with Crippen molar-refractivity contribution in [2.75, 3.05) is 0 Å². The molecule has 3 atom stereocenters. The van der Waals surface area contributed by atoms with Gasteiger partial charge in [0.05, 0.1) is 11.6 Å². The normalized spacial score (nSPS) is 34.8. The van der Waals surface area contributed by atoms with E-state index in [1.54, 1.807) is 6.07 Å². The molecule has 1 aliphatic heterocycles. The van der Waals surface area contributed by atoms with Gasteiger partial charge in [-0.2, -0.15) is 13.2 Å². The minimum atomic E-state index is -4.97. The van der Waals surface area contributed by atoms with E-state index in [4.69, 9.17) is 0 Å². The first-order chi connectivity index (χ1) is 11.2. The molecular formula is C16H13BrF3NO3. The van der Waals surface area contributed by atoms with Crippen LogP contribution in [0, 0.1) is 11.3 Å². The first-order valence-electron chi connectivity index (χ1n) is 7.54. The Hall–Kier alpha value is -1.41. The van der Waals surface area contributed by atoms with Crippen molar-refractivity contribution in [2.24, 2.45) is 16.5 Å². The fourth-order valence-electron chi connectivity index (χ4n) is 4.08. The Balaban J connectivity index is 1.71. The van der Waals surface area contributed by atoms with Crippen molar-refractivity contribution in [1.29, 1.82) is 0 Å². The van der Waals surface area contributed by atoms with Crippen LogP contribution >= 0.6 is 15.9 Å². The summed E-state index contributed by atoms with van der Waals surface area (Å²) in [6.45, 7) is 0. The largest absolute Gasteiger partial charge is 0.458 e. The van der Waals surface area contributed by atoms with Crippen LogP contribution in [0.2, 0.25) is 0 Å². The number of hydrogen-bond donors (Lipinski definition) is 1. The number of benzene rings is 1. The molecule has 128 valence electrons. The molecule has 8 heteroatoms. The number of aliphatic hydroxyl groups is 1. The van der Waals surface area contributed by atoms with E-state index in [0.717, 1.165) is 10.0 Å². The van der Waals surface area contributed by atoms with E-state index >= 15 is 0 Å². The van der Waals surface area contributed by atoms with Crippen LogP contribution in [0.25, 0.3) is 0 Å². The molecule has 1 N–H and O–H groups in total. The minimum absolute atomic E-state index is 0.118. The lowest BCUT2D eigenvalue weighted by Crippen LogP contribution is -2.55. The number of halogens is 4. The number of nitrogens with zero attached hydrogens (tertiary/aromatic N) is 1. The Morgan fingerprint density at radius 1 is 1.38 bits per heavy atom. The molecule has 1 aromatic carbocycles. The zero-order valence-electron chi connectivity index (χ0n) is 12.4. The highest BCUT2D eigenvalue weighted by Gasteiger charge is 2.69. The summed E-state index contributed by atoms with van der Waals surface area (Å²) < 4.78 is 40.5. The first kappa shape index (κ1) is 16.1. The molecule has 1 heterocycles. The number of carbonyl (C=O) groups is 1. The van der Waals surface area contributed by atoms with Crippen LogP contribution in [-0.2, 0) is 11.3 Å². The number of rotatable bonds is 0. The van der Waals surface area contributed by atoms with E-state index in [-0.39, 0.29) is 24.3 Å². The van der Waals surface area contributed by atoms with Gasteiger partial charge in [0.1, 0.15) is 0 Å². The van der Waals surface area contributed by atoms with Crippen LogP contribution in [0.3, 0.4) is 0 Å². The maximum Gasteiger partial charge on any atom is 0.458 e. The first-order valence-corrected chi connectivity index (χ1v) is 8.33. The van der Waals surface area contributed by atoms with Gasteiger partial charge in [0.15, 0.2) is 5.78 Å². The quantitative estimate of drug-likeness (QED) is 0.719. The Bertz CT molecular complexity index is 778. The lowest BCUT2D eigenvalue weighted by atomic mass is 9.64. The van der Waals surface area contributed by atoms with Crippen LogP contribution in [-0.4, -0.2) is 28.6 Å². The highest BCUT2D eigenvalue weighted by molar-refractivity contribution is 9.10. The van der Waals surface area contributed by atoms with Crippen molar-refractivity contribution >= 4 is 27.4 Å². The van der Waals surface area contributed by atoms with Gasteiger partial charge in [0, 0.05) is 15.5 Å². The van der Waals surface area contributed by atoms with Crippen molar-refractivity contribution in [3.05, 3.63) is 33.8 Å². The van der Waals surface area contributed by atoms with Gasteiger partial charge in [0.25, 0.3) is 0 Å². The van der Waals surface area contributed by atoms with Crippen molar-refractivity contribution in [1.82, 2.24) is 0 Å². The molecule has 0 amide bonds. The number of hydrogen-bond acceptors (Lipinski definition) is 4. The third-order valence-corrected chi connectivity index (χ3v) is 5.86. The van der Waals surface area contributed by atoms with Crippen molar-refractivity contribution in [3.63, 3.8) is 0 Å². The van der Waals surface area contributed by atoms with Crippen molar-refractivity contribution in [2.45, 2.75) is 37.6 Å². The number of Topliss-reactive ketones (excluding diaryl/α,β-unsaturated/α-hetero) is 1. The molecule has 4 rings (SSSR count). The highest BCUT2D eigenvalue weighted by Crippen LogP contribution is 2.55. The maximum absolute atomic E-state index is 13.3. The molecule has 1 spiro atoms. The number of carbonyl (C=O) groups excluding carboxylic acids is 1. The Kier molecular flexibility index (Phi) is 3.23. The molecule has 3 unspecified atom stereocenters. The predicted molar refractivity (Wildman–Crippen MR) is 81.5 cm³/mol. The molecule has 0 aromatic heterocycles. The summed E-state index contributed by atoms with van der Waals surface area (Å²) in [6.07, 6.45) is -4.09. The van der Waals surface area contributed by atoms with E-state index in [0.29, 0.717) is 18.4 Å². The second-order valence-electron chi connectivity index (χ2n) is 6.71. The van der Waals surface area contributed by atoms with Crippen LogP contribution in [0.1, 0.15) is 35.2 Å². The Morgan fingerprint density at radius 2 is 2.12 bits per heavy atom. The van der Waals surface area contributed by atoms with E-state index in [1.807, 2.05) is 12.1 Å². The van der Waals surface area contributed by atoms with Crippen LogP contribution in [0.4, 0.5) is 13.2 Å². The predicted octanol–water partition coefficient (Wildman–Crippen LogP) is 3.61. The van der Waals surface area contributed by atoms with Crippen LogP contribution in [0.5, 0.6) is 0 Å². The molecule has 4 nitrogen and oxygen atoms in total. The SMILES string of the molecule is O=C1c2cc(Br)ccc2CC12CCC1=NOC(O)(C(F)(F)F)C1C2. The lowest BCUT2D eigenvalue weighted by molar-refractivity contribution is -0.371. The highest BCUT2D eigenvalue weighted by atomic mass is 79.9. The lowest BCUT2D eigenvalue weighted by Gasteiger charge is -2.39. The van der Waals surface area contributed by atoms with E-state index in [2.05, 4.69) is 25.9 Å². The molecule has 1 saturated carbocycles. The van der Waals surface area contributed by atoms with Gasteiger partial charge < -0.3 is 9.94 Å². The van der Waals surface area contributed by atoms with Gasteiger partial charge in [0.2, 0.25) is 0 Å². The van der Waals surface area contributed by atoms with E-state index in [1.165, 1.54) is 0 Å². The van der Waals surface area contributed by atoms with E-state index in [9.17, 15) is 23.1 Å². The average Bonchev–Trinajstić information content (AvgIpc) is 2.98. The summed E-state index contributed by atoms with van der Waals surface area (Å²) >= 11 is 3.31. The smallest absolute Gasteiger partial charge is 0.350 e. The standard InChI is InChI=1S/C16H13BrF3NO3/c17-9-2-1-8-6-14(13(22)10(8)5-9)4-3-12-11(7-14)15(23,24-21-12)16(18,19)20/h1-2,5,11,23H,3-4,6-7H2. The maximum atomic E-state index is 13.3. The topological polar surface area (TPSA) is 58.9 Å². The number of oxime groups is 1. The van der Waals surface area contributed by atoms with Gasteiger partial charge in [-0.15, -0.1) is 0 Å². The minimum Gasteiger partial charge on any atom is -0.350 e. The Morgan fingerprint density at radius 3 is 2.83 bits per heavy atom. The number of alkyl halides is 3. The van der Waals surface area contributed by atoms with E-state index < -0.39 is 23.3 Å². The number of fused-ring (bicyclic) bond motifs is 2. The third-order valence-electron chi connectivity index (χ3n) is 5.36. The monoisotopic (exact) mass is 403 g/mol. The molecule has 0 saturated heterocycles. The third kappa shape index (κ3) is 2.02. The molecule has 2 aliphatic carbocycles. The van der Waals surface area contributed by atoms with Crippen LogP contribution < -0.4 is 0 Å². The molecule has 3 aliphatic rings. The van der Waals surface area contributed by atoms with Gasteiger partial charge in [-0.3, -0.25) is 4.79 Å². The Labute approximate surface area is 143 Å². The zero-order chi connectivity index (χ0) is 17.3. The molecule has 1 aromatic rings. The summed E-state index contributed by atoms with van der Waals surface area (Å²) in [5.41, 5.74) is 0.627. The summed E-state index contributed by atoms with van der Waals surface area (Å²) in [6, 6.07) is 5.33. The summed E-state index contributed by atoms with van der Waals surface area (Å²) in [5, 5.41) is 13.5. The fraction of sp³-hybridized carbons (Fsp3) is 0.500. The summed E-state index contributed by atoms with van der Waals surface area (Å²) in [5.74, 6) is -4.84. The molecular weight excluding hydrogens is 391 g/mol. The molecule has 24 heavy (non-hydrogen) atoms. The molecule has 0 bridgehead atoms. The van der Waals surface area contributed by atoms with Crippen molar-refractivity contribution < 1.29 is 27.9 Å². The second kappa shape index (κ2) is 4.82. The summed E-state index contributed by atoms with van der Waals surface area (Å²) in [7, 11) is 0. The van der Waals surface area contributed by atoms with Crippen LogP contribution in [0.15, 0.2) is 27.8 Å². The summed E-state index contributed by atoms with van der Waals surface area (Å²) in [4.78, 5) is 17.3. The van der Waals surface area contributed by atoms with Gasteiger partial charge >= 0.3 is 12.0 Å². The zero-order valence-corrected chi connectivity index (χ0v) is 13.9.